The maximum atomic E-state index is 12.6. The van der Waals surface area contributed by atoms with Crippen molar-refractivity contribution in [1.82, 2.24) is 14.9 Å². The van der Waals surface area contributed by atoms with Crippen molar-refractivity contribution in [2.45, 2.75) is 13.0 Å². The quantitative estimate of drug-likeness (QED) is 0.876. The zero-order chi connectivity index (χ0) is 17.4. The highest BCUT2D eigenvalue weighted by Gasteiger charge is 2.26. The lowest BCUT2D eigenvalue weighted by atomic mass is 9.99. The van der Waals surface area contributed by atoms with Crippen molar-refractivity contribution in [2.24, 2.45) is 0 Å². The highest BCUT2D eigenvalue weighted by Crippen LogP contribution is 2.27. The van der Waals surface area contributed by atoms with Crippen LogP contribution in [0.15, 0.2) is 30.3 Å². The van der Waals surface area contributed by atoms with E-state index < -0.39 is 0 Å². The fourth-order valence-electron chi connectivity index (χ4n) is 3.39. The molecule has 1 amide bonds. The Balaban J connectivity index is 1.63. The van der Waals surface area contributed by atoms with Crippen LogP contribution in [0.1, 0.15) is 11.1 Å². The zero-order valence-corrected chi connectivity index (χ0v) is 14.4. The van der Waals surface area contributed by atoms with Gasteiger partial charge in [0.25, 0.3) is 0 Å². The van der Waals surface area contributed by atoms with Gasteiger partial charge in [-0.05, 0) is 18.2 Å². The zero-order valence-electron chi connectivity index (χ0n) is 14.4. The van der Waals surface area contributed by atoms with Crippen LogP contribution in [0, 0.1) is 0 Å². The Labute approximate surface area is 147 Å². The van der Waals surface area contributed by atoms with Crippen LogP contribution in [0.25, 0.3) is 0 Å². The Kier molecular flexibility index (Phi) is 4.01. The van der Waals surface area contributed by atoms with E-state index in [9.17, 15) is 4.79 Å². The Morgan fingerprint density at radius 3 is 2.44 bits per heavy atom. The molecule has 2 aliphatic heterocycles. The van der Waals surface area contributed by atoms with E-state index in [4.69, 9.17) is 5.73 Å². The highest BCUT2D eigenvalue weighted by atomic mass is 16.2. The fourth-order valence-corrected chi connectivity index (χ4v) is 3.39. The second-order valence-corrected chi connectivity index (χ2v) is 6.66. The molecule has 2 aromatic rings. The normalized spacial score (nSPS) is 18.4. The molecule has 1 fully saturated rings. The molecule has 130 valence electrons. The van der Waals surface area contributed by atoms with Gasteiger partial charge in [0, 0.05) is 32.2 Å². The van der Waals surface area contributed by atoms with Crippen LogP contribution in [-0.4, -0.2) is 54.0 Å². The third-order valence-electron chi connectivity index (χ3n) is 4.91. The van der Waals surface area contributed by atoms with Gasteiger partial charge in [0.05, 0.1) is 13.0 Å². The minimum atomic E-state index is 0.0427. The third-order valence-corrected chi connectivity index (χ3v) is 4.91. The molecule has 25 heavy (non-hydrogen) atoms. The van der Waals surface area contributed by atoms with Crippen molar-refractivity contribution in [2.75, 3.05) is 48.8 Å². The summed E-state index contributed by atoms with van der Waals surface area (Å²) in [6.07, 6.45) is 0.393. The molecule has 7 nitrogen and oxygen atoms in total. The van der Waals surface area contributed by atoms with E-state index in [1.807, 2.05) is 24.3 Å². The number of carbonyl (C=O) groups excluding carboxylic acids is 1. The number of hydrogen-bond acceptors (Lipinski definition) is 6. The topological polar surface area (TPSA) is 78.6 Å². The maximum Gasteiger partial charge on any atom is 0.232 e. The summed E-state index contributed by atoms with van der Waals surface area (Å²) in [7, 11) is 2.11. The number of carbonyl (C=O) groups is 1. The number of nitrogen functional groups attached to an aromatic ring is 1. The predicted molar refractivity (Wildman–Crippen MR) is 97.5 cm³/mol. The van der Waals surface area contributed by atoms with Crippen LogP contribution in [0.4, 0.5) is 17.6 Å². The molecule has 7 heteroatoms. The summed E-state index contributed by atoms with van der Waals surface area (Å²) in [5, 5.41) is 0. The molecular weight excluding hydrogens is 316 g/mol. The molecule has 4 rings (SSSR count). The van der Waals surface area contributed by atoms with Crippen LogP contribution in [0.3, 0.4) is 0 Å². The number of piperazine rings is 1. The lowest BCUT2D eigenvalue weighted by molar-refractivity contribution is -0.118. The van der Waals surface area contributed by atoms with E-state index in [0.717, 1.165) is 43.1 Å². The number of aromatic nitrogens is 2. The van der Waals surface area contributed by atoms with Crippen LogP contribution in [-0.2, 0) is 17.8 Å². The number of hydrogen-bond donors (Lipinski definition) is 1. The largest absolute Gasteiger partial charge is 0.368 e. The number of benzene rings is 1. The average Bonchev–Trinajstić information content (AvgIpc) is 2.61. The van der Waals surface area contributed by atoms with Gasteiger partial charge in [-0.2, -0.15) is 9.97 Å². The van der Waals surface area contributed by atoms with E-state index in [1.165, 1.54) is 0 Å². The first kappa shape index (κ1) is 15.8. The minimum Gasteiger partial charge on any atom is -0.368 e. The summed E-state index contributed by atoms with van der Waals surface area (Å²) >= 11 is 0. The van der Waals surface area contributed by atoms with Crippen molar-refractivity contribution >= 4 is 23.5 Å². The van der Waals surface area contributed by atoms with Gasteiger partial charge >= 0.3 is 0 Å². The standard InChI is InChI=1S/C18H22N6O/c1-22-6-8-23(9-7-22)15-11-16(21-18(19)20-15)24-12-14-5-3-2-4-13(14)10-17(24)25/h2-5,11H,6-10,12H2,1H3,(H2,19,20,21). The Morgan fingerprint density at radius 2 is 1.68 bits per heavy atom. The molecule has 0 atom stereocenters. The summed E-state index contributed by atoms with van der Waals surface area (Å²) in [5.74, 6) is 1.63. The summed E-state index contributed by atoms with van der Waals surface area (Å²) in [6.45, 7) is 4.27. The van der Waals surface area contributed by atoms with Gasteiger partial charge in [0.1, 0.15) is 11.6 Å². The molecular formula is C18H22N6O. The Hall–Kier alpha value is -2.67. The fraction of sp³-hybridized carbons (Fsp3) is 0.389. The molecule has 0 saturated carbocycles. The summed E-state index contributed by atoms with van der Waals surface area (Å²) in [5.41, 5.74) is 8.18. The Bertz CT molecular complexity index is 800. The van der Waals surface area contributed by atoms with Gasteiger partial charge < -0.3 is 15.5 Å². The second-order valence-electron chi connectivity index (χ2n) is 6.66. The third kappa shape index (κ3) is 3.15. The Morgan fingerprint density at radius 1 is 1.00 bits per heavy atom. The molecule has 0 aliphatic carbocycles. The summed E-state index contributed by atoms with van der Waals surface area (Å²) in [4.78, 5) is 27.5. The van der Waals surface area contributed by atoms with E-state index in [1.54, 1.807) is 4.90 Å². The van der Waals surface area contributed by atoms with Gasteiger partial charge in [-0.25, -0.2) is 0 Å². The minimum absolute atomic E-state index is 0.0427. The monoisotopic (exact) mass is 338 g/mol. The number of amides is 1. The maximum absolute atomic E-state index is 12.6. The van der Waals surface area contributed by atoms with Gasteiger partial charge in [-0.15, -0.1) is 0 Å². The van der Waals surface area contributed by atoms with Gasteiger partial charge in [-0.1, -0.05) is 24.3 Å². The van der Waals surface area contributed by atoms with Crippen LogP contribution >= 0.6 is 0 Å². The smallest absolute Gasteiger partial charge is 0.232 e. The number of nitrogens with two attached hydrogens (primary N) is 1. The first-order valence-electron chi connectivity index (χ1n) is 8.55. The van der Waals surface area contributed by atoms with Gasteiger partial charge in [0.2, 0.25) is 11.9 Å². The van der Waals surface area contributed by atoms with E-state index in [0.29, 0.717) is 18.8 Å². The average molecular weight is 338 g/mol. The van der Waals surface area contributed by atoms with E-state index in [-0.39, 0.29) is 11.9 Å². The molecule has 0 radical (unpaired) electrons. The number of fused-ring (bicyclic) bond motifs is 1. The molecule has 2 aliphatic rings. The first-order valence-corrected chi connectivity index (χ1v) is 8.55. The molecule has 3 heterocycles. The molecule has 0 bridgehead atoms. The lowest BCUT2D eigenvalue weighted by Crippen LogP contribution is -2.45. The summed E-state index contributed by atoms with van der Waals surface area (Å²) in [6, 6.07) is 9.91. The van der Waals surface area contributed by atoms with Crippen molar-refractivity contribution in [3.63, 3.8) is 0 Å². The predicted octanol–water partition coefficient (Wildman–Crippen LogP) is 0.900. The number of nitrogens with zero attached hydrogens (tertiary/aromatic N) is 5. The molecule has 2 N–H and O–H groups in total. The number of likely N-dealkylation sites (N-methyl/N-ethyl adjacent to an activating group) is 1. The molecule has 0 unspecified atom stereocenters. The first-order chi connectivity index (χ1) is 12.1. The van der Waals surface area contributed by atoms with E-state index >= 15 is 0 Å². The van der Waals surface area contributed by atoms with E-state index in [2.05, 4.69) is 32.9 Å². The lowest BCUT2D eigenvalue weighted by Gasteiger charge is -2.34. The molecule has 1 saturated heterocycles. The van der Waals surface area contributed by atoms with Gasteiger partial charge in [-0.3, -0.25) is 9.69 Å². The molecule has 1 aromatic heterocycles. The second kappa shape index (κ2) is 6.33. The number of anilines is 3. The van der Waals surface area contributed by atoms with Crippen molar-refractivity contribution < 1.29 is 4.79 Å². The van der Waals surface area contributed by atoms with Gasteiger partial charge in [0.15, 0.2) is 0 Å². The van der Waals surface area contributed by atoms with Crippen LogP contribution in [0.5, 0.6) is 0 Å². The van der Waals surface area contributed by atoms with Crippen molar-refractivity contribution in [1.29, 1.82) is 0 Å². The molecule has 1 aromatic carbocycles. The SMILES string of the molecule is CN1CCN(c2cc(N3Cc4ccccc4CC3=O)nc(N)n2)CC1. The van der Waals surface area contributed by atoms with Crippen LogP contribution in [0.2, 0.25) is 0 Å². The summed E-state index contributed by atoms with van der Waals surface area (Å²) < 4.78 is 0. The van der Waals surface area contributed by atoms with Crippen LogP contribution < -0.4 is 15.5 Å². The highest BCUT2D eigenvalue weighted by molar-refractivity contribution is 5.96. The number of rotatable bonds is 2. The molecule has 0 spiro atoms. The van der Waals surface area contributed by atoms with Crippen molar-refractivity contribution in [3.8, 4) is 0 Å². The van der Waals surface area contributed by atoms with Crippen molar-refractivity contribution in [3.05, 3.63) is 41.5 Å².